The van der Waals surface area contributed by atoms with Gasteiger partial charge in [0.2, 0.25) is 0 Å². The SMILES string of the molecule is CCOC(=O)CN(/N=C/c1ccc([N+](=O)[O-])o1)C(=O)NC(=O)OCC. The van der Waals surface area contributed by atoms with Crippen molar-refractivity contribution in [3.05, 3.63) is 28.0 Å². The number of hydrogen-bond acceptors (Lipinski definition) is 9. The molecule has 1 heterocycles. The van der Waals surface area contributed by atoms with Gasteiger partial charge in [0.15, 0.2) is 5.76 Å². The predicted octanol–water partition coefficient (Wildman–Crippen LogP) is 1.25. The highest BCUT2D eigenvalue weighted by Crippen LogP contribution is 2.14. The molecule has 0 radical (unpaired) electrons. The number of urea groups is 1. The maximum absolute atomic E-state index is 12.0. The van der Waals surface area contributed by atoms with Crippen LogP contribution in [0.15, 0.2) is 21.7 Å². The van der Waals surface area contributed by atoms with Crippen molar-refractivity contribution in [1.82, 2.24) is 10.3 Å². The van der Waals surface area contributed by atoms with E-state index in [1.165, 1.54) is 6.07 Å². The fraction of sp³-hybridized carbons (Fsp3) is 0.385. The topological polar surface area (TPSA) is 154 Å². The Morgan fingerprint density at radius 1 is 1.32 bits per heavy atom. The zero-order valence-corrected chi connectivity index (χ0v) is 13.5. The lowest BCUT2D eigenvalue weighted by molar-refractivity contribution is -0.402. The normalized spacial score (nSPS) is 10.3. The van der Waals surface area contributed by atoms with Gasteiger partial charge in [0.1, 0.15) is 11.5 Å². The Balaban J connectivity index is 2.86. The standard InChI is InChI=1S/C13H16N4O8/c1-3-23-11(18)8-16(12(19)15-13(20)24-4-2)14-7-9-5-6-10(25-9)17(21)22/h5-7H,3-4,8H2,1-2H3,(H,15,19,20)/b14-7+. The van der Waals surface area contributed by atoms with E-state index in [0.29, 0.717) is 5.01 Å². The molecular weight excluding hydrogens is 340 g/mol. The number of alkyl carbamates (subject to hydrolysis) is 1. The molecule has 12 nitrogen and oxygen atoms in total. The largest absolute Gasteiger partial charge is 0.465 e. The molecule has 0 bridgehead atoms. The van der Waals surface area contributed by atoms with Gasteiger partial charge in [-0.15, -0.1) is 0 Å². The second kappa shape index (κ2) is 9.64. The number of hydrazone groups is 1. The quantitative estimate of drug-likeness (QED) is 0.331. The molecule has 0 spiro atoms. The smallest absolute Gasteiger partial charge is 0.433 e. The summed E-state index contributed by atoms with van der Waals surface area (Å²) in [4.78, 5) is 44.6. The molecule has 1 aromatic heterocycles. The van der Waals surface area contributed by atoms with E-state index in [2.05, 4.69) is 9.84 Å². The van der Waals surface area contributed by atoms with Gasteiger partial charge in [-0.1, -0.05) is 0 Å². The third-order valence-corrected chi connectivity index (χ3v) is 2.42. The van der Waals surface area contributed by atoms with Gasteiger partial charge in [-0.25, -0.2) is 19.9 Å². The lowest BCUT2D eigenvalue weighted by atomic mass is 10.5. The van der Waals surface area contributed by atoms with Crippen LogP contribution < -0.4 is 5.32 Å². The summed E-state index contributed by atoms with van der Waals surface area (Å²) in [6.45, 7) is 2.64. The molecule has 0 unspecified atom stereocenters. The van der Waals surface area contributed by atoms with Gasteiger partial charge in [0, 0.05) is 0 Å². The van der Waals surface area contributed by atoms with Gasteiger partial charge >= 0.3 is 24.0 Å². The van der Waals surface area contributed by atoms with Crippen LogP contribution in [0.4, 0.5) is 15.5 Å². The first-order valence-electron chi connectivity index (χ1n) is 7.06. The maximum Gasteiger partial charge on any atom is 0.433 e. The van der Waals surface area contributed by atoms with E-state index in [4.69, 9.17) is 9.15 Å². The third kappa shape index (κ3) is 6.68. The van der Waals surface area contributed by atoms with Gasteiger partial charge in [-0.05, 0) is 19.9 Å². The summed E-state index contributed by atoms with van der Waals surface area (Å²) in [7, 11) is 0. The van der Waals surface area contributed by atoms with Crippen molar-refractivity contribution in [2.75, 3.05) is 19.8 Å². The monoisotopic (exact) mass is 356 g/mol. The van der Waals surface area contributed by atoms with E-state index in [1.807, 2.05) is 5.32 Å². The molecule has 0 aromatic carbocycles. The molecule has 12 heteroatoms. The van der Waals surface area contributed by atoms with E-state index < -0.39 is 35.4 Å². The highest BCUT2D eigenvalue weighted by atomic mass is 16.6. The zero-order valence-electron chi connectivity index (χ0n) is 13.5. The summed E-state index contributed by atoms with van der Waals surface area (Å²) < 4.78 is 14.1. The minimum absolute atomic E-state index is 0.0375. The van der Waals surface area contributed by atoms with E-state index >= 15 is 0 Å². The number of hydrogen-bond donors (Lipinski definition) is 1. The number of nitro groups is 1. The summed E-state index contributed by atoms with van der Waals surface area (Å²) in [6, 6.07) is 1.28. The summed E-state index contributed by atoms with van der Waals surface area (Å²) in [5.74, 6) is -1.33. The Bertz CT molecular complexity index is 669. The summed E-state index contributed by atoms with van der Waals surface area (Å²) >= 11 is 0. The zero-order chi connectivity index (χ0) is 18.8. The first kappa shape index (κ1) is 19.6. The van der Waals surface area contributed by atoms with Crippen molar-refractivity contribution in [2.24, 2.45) is 5.10 Å². The number of esters is 1. The Labute approximate surface area is 141 Å². The second-order valence-electron chi connectivity index (χ2n) is 4.19. The van der Waals surface area contributed by atoms with Crippen LogP contribution in [-0.4, -0.2) is 54.0 Å². The molecule has 0 atom stereocenters. The van der Waals surface area contributed by atoms with Crippen molar-refractivity contribution in [1.29, 1.82) is 0 Å². The first-order valence-corrected chi connectivity index (χ1v) is 7.06. The number of ether oxygens (including phenoxy) is 2. The van der Waals surface area contributed by atoms with Crippen LogP contribution in [-0.2, 0) is 14.3 Å². The number of rotatable bonds is 7. The maximum atomic E-state index is 12.0. The summed E-state index contributed by atoms with van der Waals surface area (Å²) in [5.41, 5.74) is 0. The average Bonchev–Trinajstić information content (AvgIpc) is 3.01. The average molecular weight is 356 g/mol. The number of furan rings is 1. The van der Waals surface area contributed by atoms with Crippen LogP contribution in [0.3, 0.4) is 0 Å². The number of nitrogens with zero attached hydrogens (tertiary/aromatic N) is 3. The molecule has 0 saturated heterocycles. The summed E-state index contributed by atoms with van der Waals surface area (Å²) in [6.07, 6.45) is -0.0538. The van der Waals surface area contributed by atoms with Crippen molar-refractivity contribution in [3.8, 4) is 0 Å². The van der Waals surface area contributed by atoms with Crippen LogP contribution in [0.2, 0.25) is 0 Å². The van der Waals surface area contributed by atoms with Crippen molar-refractivity contribution in [2.45, 2.75) is 13.8 Å². The molecule has 0 aliphatic heterocycles. The van der Waals surface area contributed by atoms with Crippen LogP contribution in [0.5, 0.6) is 0 Å². The molecule has 1 aromatic rings. The molecule has 1 rings (SSSR count). The number of carbonyl (C=O) groups excluding carboxylic acids is 3. The van der Waals surface area contributed by atoms with Gasteiger partial charge in [-0.2, -0.15) is 5.10 Å². The van der Waals surface area contributed by atoms with E-state index in [0.717, 1.165) is 12.3 Å². The number of imide groups is 1. The van der Waals surface area contributed by atoms with Crippen molar-refractivity contribution < 1.29 is 33.2 Å². The van der Waals surface area contributed by atoms with Crippen molar-refractivity contribution >= 4 is 30.2 Å². The molecule has 1 N–H and O–H groups in total. The summed E-state index contributed by atoms with van der Waals surface area (Å²) in [5, 5.41) is 16.7. The third-order valence-electron chi connectivity index (χ3n) is 2.42. The van der Waals surface area contributed by atoms with Crippen molar-refractivity contribution in [3.63, 3.8) is 0 Å². The lowest BCUT2D eigenvalue weighted by Crippen LogP contribution is -2.43. The van der Waals surface area contributed by atoms with E-state index in [1.54, 1.807) is 13.8 Å². The number of amides is 3. The predicted molar refractivity (Wildman–Crippen MR) is 81.8 cm³/mol. The highest BCUT2D eigenvalue weighted by Gasteiger charge is 2.20. The Morgan fingerprint density at radius 2 is 2.00 bits per heavy atom. The molecule has 0 aliphatic rings. The second-order valence-corrected chi connectivity index (χ2v) is 4.19. The minimum Gasteiger partial charge on any atom is -0.465 e. The molecule has 136 valence electrons. The molecule has 25 heavy (non-hydrogen) atoms. The fourth-order valence-corrected chi connectivity index (χ4v) is 1.45. The highest BCUT2D eigenvalue weighted by molar-refractivity contribution is 5.92. The molecule has 0 fully saturated rings. The van der Waals surface area contributed by atoms with Gasteiger partial charge in [0.05, 0.1) is 25.5 Å². The number of nitrogens with one attached hydrogen (secondary N) is 1. The molecule has 0 saturated carbocycles. The van der Waals surface area contributed by atoms with E-state index in [-0.39, 0.29) is 19.0 Å². The first-order chi connectivity index (χ1) is 11.9. The fourth-order valence-electron chi connectivity index (χ4n) is 1.45. The minimum atomic E-state index is -1.05. The van der Waals surface area contributed by atoms with Gasteiger partial charge in [-0.3, -0.25) is 14.9 Å². The Kier molecular flexibility index (Phi) is 7.56. The van der Waals surface area contributed by atoms with E-state index in [9.17, 15) is 24.5 Å². The molecular formula is C13H16N4O8. The Hall–Kier alpha value is -3.44. The van der Waals surface area contributed by atoms with Gasteiger partial charge < -0.3 is 13.9 Å². The lowest BCUT2D eigenvalue weighted by Gasteiger charge is -2.15. The van der Waals surface area contributed by atoms with Crippen LogP contribution in [0, 0.1) is 10.1 Å². The van der Waals surface area contributed by atoms with Crippen LogP contribution in [0.25, 0.3) is 0 Å². The molecule has 3 amide bonds. The van der Waals surface area contributed by atoms with Crippen LogP contribution >= 0.6 is 0 Å². The molecule has 0 aliphatic carbocycles. The van der Waals surface area contributed by atoms with Gasteiger partial charge in [0.25, 0.3) is 0 Å². The van der Waals surface area contributed by atoms with Crippen LogP contribution in [0.1, 0.15) is 19.6 Å². The Morgan fingerprint density at radius 3 is 2.56 bits per heavy atom. The number of carbonyl (C=O) groups is 3.